The largest absolute Gasteiger partial charge is 0.399 e. The van der Waals surface area contributed by atoms with Gasteiger partial charge < -0.3 is 10.6 Å². The molecule has 0 amide bonds. The fourth-order valence-corrected chi connectivity index (χ4v) is 2.14. The molecule has 0 atom stereocenters. The zero-order chi connectivity index (χ0) is 13.5. The third-order valence-corrected chi connectivity index (χ3v) is 3.14. The van der Waals surface area contributed by atoms with Crippen LogP contribution in [0.15, 0.2) is 48.8 Å². The summed E-state index contributed by atoms with van der Waals surface area (Å²) in [6.45, 7) is 4.27. The quantitative estimate of drug-likeness (QED) is 0.806. The number of anilines is 2. The molecule has 0 fully saturated rings. The van der Waals surface area contributed by atoms with Crippen LogP contribution in [0.25, 0.3) is 0 Å². The lowest BCUT2D eigenvalue weighted by Gasteiger charge is -2.24. The second-order valence-electron chi connectivity index (χ2n) is 4.69. The molecule has 0 aliphatic rings. The SMILES string of the molecule is CCCN(CCc1cccnc1)c1ccc(N)cc1. The Morgan fingerprint density at radius 1 is 1.11 bits per heavy atom. The lowest BCUT2D eigenvalue weighted by molar-refractivity contribution is 0.755. The third-order valence-electron chi connectivity index (χ3n) is 3.14. The Balaban J connectivity index is 2.02. The predicted octanol–water partition coefficient (Wildman–Crippen LogP) is 3.12. The summed E-state index contributed by atoms with van der Waals surface area (Å²) >= 11 is 0. The summed E-state index contributed by atoms with van der Waals surface area (Å²) in [5.41, 5.74) is 9.06. The van der Waals surface area contributed by atoms with Crippen molar-refractivity contribution in [3.05, 3.63) is 54.4 Å². The maximum atomic E-state index is 5.74. The molecule has 2 N–H and O–H groups in total. The van der Waals surface area contributed by atoms with Crippen molar-refractivity contribution in [1.29, 1.82) is 0 Å². The van der Waals surface area contributed by atoms with Gasteiger partial charge in [0.2, 0.25) is 0 Å². The Kier molecular flexibility index (Phi) is 4.78. The predicted molar refractivity (Wildman–Crippen MR) is 81.3 cm³/mol. The maximum Gasteiger partial charge on any atom is 0.0367 e. The first kappa shape index (κ1) is 13.4. The first-order valence-corrected chi connectivity index (χ1v) is 6.79. The van der Waals surface area contributed by atoms with E-state index in [0.717, 1.165) is 31.6 Å². The van der Waals surface area contributed by atoms with E-state index in [1.807, 2.05) is 30.6 Å². The van der Waals surface area contributed by atoms with E-state index in [2.05, 4.69) is 35.0 Å². The molecule has 2 aromatic rings. The number of pyridine rings is 1. The first-order valence-electron chi connectivity index (χ1n) is 6.79. The molecule has 0 unspecified atom stereocenters. The Bertz CT molecular complexity index is 479. The summed E-state index contributed by atoms with van der Waals surface area (Å²) in [6.07, 6.45) is 5.90. The van der Waals surface area contributed by atoms with Gasteiger partial charge in [0.05, 0.1) is 0 Å². The number of hydrogen-bond donors (Lipinski definition) is 1. The van der Waals surface area contributed by atoms with Crippen molar-refractivity contribution in [2.45, 2.75) is 19.8 Å². The van der Waals surface area contributed by atoms with Crippen LogP contribution in [-0.2, 0) is 6.42 Å². The van der Waals surface area contributed by atoms with Gasteiger partial charge in [-0.2, -0.15) is 0 Å². The van der Waals surface area contributed by atoms with Crippen LogP contribution in [0.3, 0.4) is 0 Å². The first-order chi connectivity index (χ1) is 9.29. The summed E-state index contributed by atoms with van der Waals surface area (Å²) in [6, 6.07) is 12.2. The molecule has 1 aromatic carbocycles. The molecule has 3 nitrogen and oxygen atoms in total. The molecule has 19 heavy (non-hydrogen) atoms. The number of nitrogens with two attached hydrogens (primary N) is 1. The van der Waals surface area contributed by atoms with Crippen molar-refractivity contribution < 1.29 is 0 Å². The van der Waals surface area contributed by atoms with Crippen molar-refractivity contribution in [1.82, 2.24) is 4.98 Å². The summed E-state index contributed by atoms with van der Waals surface area (Å²) < 4.78 is 0. The van der Waals surface area contributed by atoms with Gasteiger partial charge in [-0.05, 0) is 48.7 Å². The average Bonchev–Trinajstić information content (AvgIpc) is 2.46. The van der Waals surface area contributed by atoms with Gasteiger partial charge in [-0.1, -0.05) is 13.0 Å². The summed E-state index contributed by atoms with van der Waals surface area (Å²) in [5, 5.41) is 0. The van der Waals surface area contributed by atoms with Crippen LogP contribution >= 0.6 is 0 Å². The van der Waals surface area contributed by atoms with Gasteiger partial charge in [0.1, 0.15) is 0 Å². The van der Waals surface area contributed by atoms with Crippen molar-refractivity contribution in [3.63, 3.8) is 0 Å². The van der Waals surface area contributed by atoms with E-state index in [9.17, 15) is 0 Å². The molecule has 1 heterocycles. The molecule has 0 spiro atoms. The number of benzene rings is 1. The van der Waals surface area contributed by atoms with Crippen molar-refractivity contribution in [2.24, 2.45) is 0 Å². The van der Waals surface area contributed by atoms with Gasteiger partial charge in [0.25, 0.3) is 0 Å². The number of hydrogen-bond acceptors (Lipinski definition) is 3. The molecular formula is C16H21N3. The highest BCUT2D eigenvalue weighted by Crippen LogP contribution is 2.17. The fraction of sp³-hybridized carbons (Fsp3) is 0.312. The molecule has 1 aromatic heterocycles. The van der Waals surface area contributed by atoms with Crippen molar-refractivity contribution >= 4 is 11.4 Å². The fourth-order valence-electron chi connectivity index (χ4n) is 2.14. The number of nitrogens with zero attached hydrogens (tertiary/aromatic N) is 2. The van der Waals surface area contributed by atoms with Crippen LogP contribution in [0.2, 0.25) is 0 Å². The van der Waals surface area contributed by atoms with Gasteiger partial charge in [-0.3, -0.25) is 4.98 Å². The van der Waals surface area contributed by atoms with E-state index in [0.29, 0.717) is 0 Å². The highest BCUT2D eigenvalue weighted by Gasteiger charge is 2.05. The minimum Gasteiger partial charge on any atom is -0.399 e. The van der Waals surface area contributed by atoms with E-state index in [1.165, 1.54) is 11.3 Å². The number of aromatic nitrogens is 1. The van der Waals surface area contributed by atoms with Gasteiger partial charge in [-0.25, -0.2) is 0 Å². The lowest BCUT2D eigenvalue weighted by Crippen LogP contribution is -2.26. The summed E-state index contributed by atoms with van der Waals surface area (Å²) in [4.78, 5) is 6.55. The minimum absolute atomic E-state index is 0.812. The van der Waals surface area contributed by atoms with Crippen LogP contribution < -0.4 is 10.6 Å². The third kappa shape index (κ3) is 3.98. The molecule has 2 rings (SSSR count). The standard InChI is InChI=1S/C16H21N3/c1-2-11-19(16-7-5-15(17)6-8-16)12-9-14-4-3-10-18-13-14/h3-8,10,13H,2,9,11-12,17H2,1H3. The Morgan fingerprint density at radius 3 is 2.53 bits per heavy atom. The van der Waals surface area contributed by atoms with Gasteiger partial charge >= 0.3 is 0 Å². The normalized spacial score (nSPS) is 10.4. The van der Waals surface area contributed by atoms with Gasteiger partial charge in [0.15, 0.2) is 0 Å². The van der Waals surface area contributed by atoms with Crippen LogP contribution in [0, 0.1) is 0 Å². The van der Waals surface area contributed by atoms with Gasteiger partial charge in [0, 0.05) is 36.9 Å². The second kappa shape index (κ2) is 6.78. The number of nitrogen functional groups attached to an aromatic ring is 1. The molecule has 100 valence electrons. The van der Waals surface area contributed by atoms with E-state index >= 15 is 0 Å². The second-order valence-corrected chi connectivity index (χ2v) is 4.69. The molecule has 0 saturated carbocycles. The minimum atomic E-state index is 0.812. The summed E-state index contributed by atoms with van der Waals surface area (Å²) in [7, 11) is 0. The summed E-state index contributed by atoms with van der Waals surface area (Å²) in [5.74, 6) is 0. The van der Waals surface area contributed by atoms with E-state index in [4.69, 9.17) is 5.73 Å². The zero-order valence-electron chi connectivity index (χ0n) is 11.4. The van der Waals surface area contributed by atoms with Crippen LogP contribution in [0.4, 0.5) is 11.4 Å². The molecule has 0 radical (unpaired) electrons. The highest BCUT2D eigenvalue weighted by molar-refractivity contribution is 5.53. The van der Waals surface area contributed by atoms with Crippen LogP contribution in [0.1, 0.15) is 18.9 Å². The van der Waals surface area contributed by atoms with Crippen LogP contribution in [-0.4, -0.2) is 18.1 Å². The monoisotopic (exact) mass is 255 g/mol. The van der Waals surface area contributed by atoms with Crippen molar-refractivity contribution in [3.8, 4) is 0 Å². The molecule has 0 aliphatic heterocycles. The molecule has 0 saturated heterocycles. The van der Waals surface area contributed by atoms with Gasteiger partial charge in [-0.15, -0.1) is 0 Å². The Labute approximate surface area is 115 Å². The smallest absolute Gasteiger partial charge is 0.0367 e. The molecule has 0 aliphatic carbocycles. The van der Waals surface area contributed by atoms with Crippen LogP contribution in [0.5, 0.6) is 0 Å². The maximum absolute atomic E-state index is 5.74. The highest BCUT2D eigenvalue weighted by atomic mass is 15.1. The molecular weight excluding hydrogens is 234 g/mol. The number of rotatable bonds is 6. The lowest BCUT2D eigenvalue weighted by atomic mass is 10.2. The zero-order valence-corrected chi connectivity index (χ0v) is 11.4. The van der Waals surface area contributed by atoms with Crippen molar-refractivity contribution in [2.75, 3.05) is 23.7 Å². The Morgan fingerprint density at radius 2 is 1.89 bits per heavy atom. The molecule has 3 heteroatoms. The Hall–Kier alpha value is -2.03. The topological polar surface area (TPSA) is 42.2 Å². The van der Waals surface area contributed by atoms with E-state index in [1.54, 1.807) is 0 Å². The van der Waals surface area contributed by atoms with E-state index < -0.39 is 0 Å². The van der Waals surface area contributed by atoms with E-state index in [-0.39, 0.29) is 0 Å². The molecule has 0 bridgehead atoms. The average molecular weight is 255 g/mol.